The lowest BCUT2D eigenvalue weighted by Crippen LogP contribution is -2.42. The maximum absolute atomic E-state index is 11.0. The van der Waals surface area contributed by atoms with Gasteiger partial charge in [-0.25, -0.2) is 0 Å². The Balaban J connectivity index is 0.00000104. The Morgan fingerprint density at radius 3 is 1.04 bits per heavy atom. The van der Waals surface area contributed by atoms with Crippen LogP contribution in [0.1, 0.15) is 184 Å². The van der Waals surface area contributed by atoms with E-state index in [1.165, 1.54) is 0 Å². The summed E-state index contributed by atoms with van der Waals surface area (Å²) in [5.74, 6) is 14.1. The second-order valence-electron chi connectivity index (χ2n) is 27.8. The van der Waals surface area contributed by atoms with Crippen LogP contribution in [0.2, 0.25) is 54.4 Å². The molecule has 0 radical (unpaired) electrons. The van der Waals surface area contributed by atoms with Crippen LogP contribution in [0.5, 0.6) is 0 Å². The van der Waals surface area contributed by atoms with Crippen LogP contribution in [0, 0.1) is 53.8 Å². The van der Waals surface area contributed by atoms with Gasteiger partial charge in [-0.2, -0.15) is 0 Å². The van der Waals surface area contributed by atoms with Gasteiger partial charge in [0.15, 0.2) is 48.6 Å². The summed E-state index contributed by atoms with van der Waals surface area (Å²) in [6.07, 6.45) is 6.72. The fraction of sp³-hybridized carbons (Fsp3) is 0.883. The number of ether oxygens (including phenoxy) is 6. The molecule has 2 unspecified atom stereocenters. The minimum absolute atomic E-state index is 0.181. The molecule has 3 heterocycles. The van der Waals surface area contributed by atoms with Gasteiger partial charge in [0, 0.05) is 39.1 Å². The summed E-state index contributed by atoms with van der Waals surface area (Å²) in [6.45, 7) is 59.1. The first kappa shape index (κ1) is 73.6. The highest BCUT2D eigenvalue weighted by atomic mass is 28.4. The van der Waals surface area contributed by atoms with Crippen molar-refractivity contribution in [3.63, 3.8) is 0 Å². The molecule has 0 amide bonds. The van der Waals surface area contributed by atoms with Crippen molar-refractivity contribution < 1.29 is 56.7 Å². The van der Waals surface area contributed by atoms with E-state index in [1.54, 1.807) is 0 Å². The fourth-order valence-corrected chi connectivity index (χ4v) is 10.2. The SMILES string of the molecule is C#CCC(C)C.CC(C)CC#CC(O)[C@H]1OC(C)(C)O[C@H]1CCO[Si](C)(C)C(C)(C)C.CC(C)CC#CC(O)[C@H]1OC(C)(C)O[C@H]1CCO[Si](C)(C)C(C)(C)C.CC1(C)O[C@@H](CCO[Si](C)(C)C(C)(C)C)[C@@H](C=O)O1. The number of terminal acetylenes is 1. The van der Waals surface area contributed by atoms with Crippen LogP contribution in [-0.4, -0.2) is 127 Å². The van der Waals surface area contributed by atoms with Gasteiger partial charge in [-0.1, -0.05) is 116 Å². The van der Waals surface area contributed by atoms with Crippen molar-refractivity contribution >= 4 is 31.2 Å². The highest BCUT2D eigenvalue weighted by molar-refractivity contribution is 6.74. The molecule has 3 aliphatic heterocycles. The van der Waals surface area contributed by atoms with Gasteiger partial charge in [-0.15, -0.1) is 24.2 Å². The first-order chi connectivity index (χ1) is 33.8. The van der Waals surface area contributed by atoms with Crippen LogP contribution in [0.3, 0.4) is 0 Å². The first-order valence-corrected chi connectivity index (χ1v) is 36.7. The largest absolute Gasteiger partial charge is 0.417 e. The lowest BCUT2D eigenvalue weighted by Gasteiger charge is -2.36. The van der Waals surface area contributed by atoms with Crippen molar-refractivity contribution in [1.82, 2.24) is 0 Å². The predicted octanol–water partition coefficient (Wildman–Crippen LogP) is 13.4. The molecule has 0 saturated carbocycles. The lowest BCUT2D eigenvalue weighted by atomic mass is 10.1. The van der Waals surface area contributed by atoms with E-state index < -0.39 is 72.8 Å². The zero-order valence-electron chi connectivity index (χ0n) is 52.8. The maximum Gasteiger partial charge on any atom is 0.191 e. The molecule has 12 nitrogen and oxygen atoms in total. The van der Waals surface area contributed by atoms with E-state index in [0.717, 1.165) is 25.5 Å². The van der Waals surface area contributed by atoms with Gasteiger partial charge in [0.25, 0.3) is 0 Å². The summed E-state index contributed by atoms with van der Waals surface area (Å²) in [5.41, 5.74) is 0. The Hall–Kier alpha value is -1.44. The molecule has 3 fully saturated rings. The molecular formula is C60H114O12Si3. The van der Waals surface area contributed by atoms with Gasteiger partial charge in [-0.05, 0) is 133 Å². The molecule has 0 bridgehead atoms. The van der Waals surface area contributed by atoms with E-state index in [4.69, 9.17) is 48.1 Å². The molecule has 3 aliphatic rings. The topological polar surface area (TPSA) is 141 Å². The molecular weight excluding hydrogens is 997 g/mol. The second kappa shape index (κ2) is 31.0. The molecule has 0 aromatic rings. The number of hydrogen-bond donors (Lipinski definition) is 2. The predicted molar refractivity (Wildman–Crippen MR) is 316 cm³/mol. The number of rotatable bonds is 18. The van der Waals surface area contributed by atoms with Crippen LogP contribution >= 0.6 is 0 Å². The Morgan fingerprint density at radius 2 is 0.787 bits per heavy atom. The molecule has 0 aliphatic carbocycles. The Bertz CT molecular complexity index is 1740. The average molecular weight is 1110 g/mol. The van der Waals surface area contributed by atoms with Gasteiger partial charge < -0.3 is 56.7 Å². The third-order valence-electron chi connectivity index (χ3n) is 14.5. The maximum atomic E-state index is 11.0. The lowest BCUT2D eigenvalue weighted by molar-refractivity contribution is -0.153. The summed E-state index contributed by atoms with van der Waals surface area (Å²) < 4.78 is 53.7. The first-order valence-electron chi connectivity index (χ1n) is 28.0. The van der Waals surface area contributed by atoms with Crippen molar-refractivity contribution in [2.24, 2.45) is 17.8 Å². The highest BCUT2D eigenvalue weighted by Gasteiger charge is 2.47. The summed E-state index contributed by atoms with van der Waals surface area (Å²) >= 11 is 0. The monoisotopic (exact) mass is 1110 g/mol. The number of aldehydes is 1. The van der Waals surface area contributed by atoms with Crippen molar-refractivity contribution in [2.75, 3.05) is 19.8 Å². The molecule has 3 saturated heterocycles. The molecule has 75 heavy (non-hydrogen) atoms. The molecule has 438 valence electrons. The zero-order valence-corrected chi connectivity index (χ0v) is 55.8. The van der Waals surface area contributed by atoms with E-state index in [1.807, 2.05) is 41.5 Å². The number of aliphatic hydroxyl groups excluding tert-OH is 2. The molecule has 0 spiro atoms. The van der Waals surface area contributed by atoms with Gasteiger partial charge >= 0.3 is 0 Å². The molecule has 0 aromatic carbocycles. The van der Waals surface area contributed by atoms with E-state index in [0.29, 0.717) is 56.8 Å². The number of carbonyl (C=O) groups is 1. The van der Waals surface area contributed by atoms with Crippen LogP contribution in [0.25, 0.3) is 0 Å². The van der Waals surface area contributed by atoms with Crippen LogP contribution < -0.4 is 0 Å². The zero-order chi connectivity index (χ0) is 58.8. The molecule has 3 rings (SSSR count). The Morgan fingerprint density at radius 1 is 0.507 bits per heavy atom. The fourth-order valence-electron chi connectivity index (χ4n) is 6.98. The highest BCUT2D eigenvalue weighted by Crippen LogP contribution is 2.40. The third kappa shape index (κ3) is 28.0. The minimum Gasteiger partial charge on any atom is -0.417 e. The average Bonchev–Trinajstić information content (AvgIpc) is 3.83. The number of carbonyl (C=O) groups excluding carboxylic acids is 1. The minimum atomic E-state index is -1.78. The van der Waals surface area contributed by atoms with Crippen molar-refractivity contribution in [1.29, 1.82) is 0 Å². The van der Waals surface area contributed by atoms with Crippen molar-refractivity contribution in [3.8, 4) is 36.0 Å². The number of hydrogen-bond acceptors (Lipinski definition) is 12. The van der Waals surface area contributed by atoms with Crippen LogP contribution in [0.15, 0.2) is 0 Å². The van der Waals surface area contributed by atoms with Gasteiger partial charge in [0.1, 0.15) is 30.5 Å². The standard InChI is InChI=1S/2C20H38O4Si.C14H28O4Si.C6H10/c2*1-15(2)11-10-12-16(21)18-17(23-20(6,7)24-18)13-14-22-25(8,9)19(3,4)5;1-13(2,3)19(6,7)16-9-8-11-12(10-15)18-14(4,5)17-11;1-4-5-6(2)3/h2*15-18,21H,11,13-14H2,1-9H3;10-12H,8-9H2,1-7H3;1,6H,5H2,2-3H3/t2*16?,17-,18+;11-,12+;/m000./s1. The van der Waals surface area contributed by atoms with Gasteiger partial charge in [0.2, 0.25) is 0 Å². The van der Waals surface area contributed by atoms with Crippen LogP contribution in [-0.2, 0) is 46.5 Å². The third-order valence-corrected chi connectivity index (χ3v) is 28.1. The van der Waals surface area contributed by atoms with E-state index >= 15 is 0 Å². The van der Waals surface area contributed by atoms with E-state index in [-0.39, 0.29) is 33.4 Å². The van der Waals surface area contributed by atoms with Crippen molar-refractivity contribution in [3.05, 3.63) is 0 Å². The van der Waals surface area contributed by atoms with E-state index in [9.17, 15) is 15.0 Å². The molecule has 8 atom stereocenters. The normalized spacial score (nSPS) is 24.3. The Kier molecular flexibility index (Phi) is 30.4. The Labute approximate surface area is 464 Å². The van der Waals surface area contributed by atoms with Crippen LogP contribution in [0.4, 0.5) is 0 Å². The van der Waals surface area contributed by atoms with Crippen molar-refractivity contribution in [2.45, 2.75) is 305 Å². The summed E-state index contributed by atoms with van der Waals surface area (Å²) in [4.78, 5) is 11.0. The van der Waals surface area contributed by atoms with Gasteiger partial charge in [-0.3, -0.25) is 0 Å². The van der Waals surface area contributed by atoms with Gasteiger partial charge in [0.05, 0.1) is 18.3 Å². The molecule has 2 N–H and O–H groups in total. The van der Waals surface area contributed by atoms with E-state index in [2.05, 4.69) is 173 Å². The molecule has 15 heteroatoms. The summed E-state index contributed by atoms with van der Waals surface area (Å²) in [5, 5.41) is 21.4. The second-order valence-corrected chi connectivity index (χ2v) is 42.2. The number of aliphatic hydroxyl groups is 2. The summed E-state index contributed by atoms with van der Waals surface area (Å²) in [6, 6.07) is 0. The smallest absolute Gasteiger partial charge is 0.191 e. The molecule has 0 aromatic heterocycles. The summed E-state index contributed by atoms with van der Waals surface area (Å²) in [7, 11) is -5.29. The quantitative estimate of drug-likeness (QED) is 0.0767.